The molecule has 2 aliphatic heterocycles. The molecule has 3 rings (SSSR count). The fourth-order valence-corrected chi connectivity index (χ4v) is 2.67. The van der Waals surface area contributed by atoms with Crippen LogP contribution in [0.1, 0.15) is 19.3 Å². The number of ether oxygens (including phenoxy) is 1. The molecule has 1 aromatic carbocycles. The molecule has 1 aromatic rings. The van der Waals surface area contributed by atoms with Crippen LogP contribution in [0.3, 0.4) is 0 Å². The molecule has 0 aromatic heterocycles. The molecule has 1 atom stereocenters. The number of benzene rings is 1. The molecule has 2 aliphatic rings. The van der Waals surface area contributed by atoms with Gasteiger partial charge in [0.25, 0.3) is 0 Å². The van der Waals surface area contributed by atoms with Gasteiger partial charge in [0.1, 0.15) is 12.6 Å². The molecule has 0 radical (unpaired) electrons. The molecule has 2 saturated heterocycles. The first-order valence-electron chi connectivity index (χ1n) is 7.33. The Kier molecular flexibility index (Phi) is 3.94. The average Bonchev–Trinajstić information content (AvgIpc) is 2.82. The monoisotopic (exact) mass is 289 g/mol. The molecular weight excluding hydrogens is 270 g/mol. The van der Waals surface area contributed by atoms with Gasteiger partial charge in [0.2, 0.25) is 5.91 Å². The molecule has 0 bridgehead atoms. The fraction of sp³-hybridized carbons (Fsp3) is 0.467. The van der Waals surface area contributed by atoms with Crippen molar-refractivity contribution in [2.75, 3.05) is 29.9 Å². The Balaban J connectivity index is 1.73. The summed E-state index contributed by atoms with van der Waals surface area (Å²) in [5.74, 6) is 0.0403. The van der Waals surface area contributed by atoms with Gasteiger partial charge < -0.3 is 15.4 Å². The number of carbonyl (C=O) groups is 2. The van der Waals surface area contributed by atoms with Crippen molar-refractivity contribution in [1.29, 1.82) is 0 Å². The van der Waals surface area contributed by atoms with E-state index in [9.17, 15) is 9.59 Å². The topological polar surface area (TPSA) is 70.7 Å². The molecule has 2 heterocycles. The predicted molar refractivity (Wildman–Crippen MR) is 79.4 cm³/mol. The van der Waals surface area contributed by atoms with Crippen molar-refractivity contribution in [2.24, 2.45) is 0 Å². The van der Waals surface area contributed by atoms with Crippen LogP contribution < -0.4 is 15.5 Å². The van der Waals surface area contributed by atoms with Gasteiger partial charge in [-0.1, -0.05) is 6.07 Å². The van der Waals surface area contributed by atoms with Crippen molar-refractivity contribution in [2.45, 2.75) is 25.3 Å². The number of anilines is 2. The van der Waals surface area contributed by atoms with Gasteiger partial charge in [-0.3, -0.25) is 9.69 Å². The first-order chi connectivity index (χ1) is 10.2. The predicted octanol–water partition coefficient (Wildman–Crippen LogP) is 1.72. The second-order valence-electron chi connectivity index (χ2n) is 5.30. The summed E-state index contributed by atoms with van der Waals surface area (Å²) in [5.41, 5.74) is 1.63. The summed E-state index contributed by atoms with van der Waals surface area (Å²) in [7, 11) is 0. The summed E-state index contributed by atoms with van der Waals surface area (Å²) in [5, 5.41) is 6.16. The molecule has 6 nitrogen and oxygen atoms in total. The van der Waals surface area contributed by atoms with Crippen LogP contribution in [0.4, 0.5) is 16.2 Å². The van der Waals surface area contributed by atoms with Crippen LogP contribution in [0.5, 0.6) is 0 Å². The van der Waals surface area contributed by atoms with E-state index in [0.29, 0.717) is 13.2 Å². The Hall–Kier alpha value is -2.24. The van der Waals surface area contributed by atoms with Gasteiger partial charge in [0.15, 0.2) is 0 Å². The number of nitrogens with one attached hydrogen (secondary N) is 2. The number of hydrogen-bond donors (Lipinski definition) is 2. The molecule has 0 aliphatic carbocycles. The van der Waals surface area contributed by atoms with Crippen molar-refractivity contribution in [1.82, 2.24) is 5.32 Å². The summed E-state index contributed by atoms with van der Waals surface area (Å²) in [6.07, 6.45) is 2.54. The third-order valence-electron chi connectivity index (χ3n) is 3.79. The molecule has 112 valence electrons. The summed E-state index contributed by atoms with van der Waals surface area (Å²) in [6.45, 7) is 1.73. The van der Waals surface area contributed by atoms with Crippen LogP contribution in [-0.4, -0.2) is 37.7 Å². The van der Waals surface area contributed by atoms with Gasteiger partial charge in [0, 0.05) is 17.9 Å². The minimum atomic E-state index is -0.320. The second-order valence-corrected chi connectivity index (χ2v) is 5.30. The van der Waals surface area contributed by atoms with Crippen LogP contribution in [0.25, 0.3) is 0 Å². The molecule has 2 amide bonds. The van der Waals surface area contributed by atoms with Gasteiger partial charge in [-0.25, -0.2) is 4.79 Å². The summed E-state index contributed by atoms with van der Waals surface area (Å²) in [4.78, 5) is 25.1. The Bertz CT molecular complexity index is 547. The molecule has 2 fully saturated rings. The first-order valence-corrected chi connectivity index (χ1v) is 7.33. The number of nitrogens with zero attached hydrogens (tertiary/aromatic N) is 1. The zero-order valence-corrected chi connectivity index (χ0v) is 11.8. The normalized spacial score (nSPS) is 22.5. The minimum Gasteiger partial charge on any atom is -0.447 e. The highest BCUT2D eigenvalue weighted by molar-refractivity contribution is 5.90. The first kappa shape index (κ1) is 13.7. The Morgan fingerprint density at radius 2 is 2.19 bits per heavy atom. The van der Waals surface area contributed by atoms with Crippen LogP contribution in [-0.2, 0) is 9.53 Å². The molecular formula is C15H19N3O3. The molecule has 0 saturated carbocycles. The SMILES string of the molecule is O=C1NCCCCC1Nc1cccc(N2CCOC2=O)c1. The molecule has 0 spiro atoms. The largest absolute Gasteiger partial charge is 0.447 e. The Labute approximate surface area is 123 Å². The van der Waals surface area contributed by atoms with Gasteiger partial charge >= 0.3 is 6.09 Å². The average molecular weight is 289 g/mol. The number of carbonyl (C=O) groups excluding carboxylic acids is 2. The zero-order chi connectivity index (χ0) is 14.7. The van der Waals surface area contributed by atoms with E-state index < -0.39 is 0 Å². The number of cyclic esters (lactones) is 1. The fourth-order valence-electron chi connectivity index (χ4n) is 2.67. The van der Waals surface area contributed by atoms with Crippen molar-refractivity contribution in [3.05, 3.63) is 24.3 Å². The lowest BCUT2D eigenvalue weighted by Gasteiger charge is -2.19. The smallest absolute Gasteiger partial charge is 0.414 e. The molecule has 2 N–H and O–H groups in total. The van der Waals surface area contributed by atoms with Crippen molar-refractivity contribution in [3.63, 3.8) is 0 Å². The maximum Gasteiger partial charge on any atom is 0.414 e. The summed E-state index contributed by atoms with van der Waals surface area (Å²) in [6, 6.07) is 7.31. The minimum absolute atomic E-state index is 0.0403. The number of hydrogen-bond acceptors (Lipinski definition) is 4. The van der Waals surface area contributed by atoms with E-state index in [1.165, 1.54) is 0 Å². The quantitative estimate of drug-likeness (QED) is 0.889. The lowest BCUT2D eigenvalue weighted by molar-refractivity contribution is -0.121. The number of rotatable bonds is 3. The molecule has 21 heavy (non-hydrogen) atoms. The van der Waals surface area contributed by atoms with Crippen molar-refractivity contribution >= 4 is 23.4 Å². The van der Waals surface area contributed by atoms with Gasteiger partial charge in [-0.2, -0.15) is 0 Å². The number of amides is 2. The highest BCUT2D eigenvalue weighted by Crippen LogP contribution is 2.23. The van der Waals surface area contributed by atoms with E-state index in [-0.39, 0.29) is 18.0 Å². The van der Waals surface area contributed by atoms with Gasteiger partial charge in [0.05, 0.1) is 6.54 Å². The summed E-state index contributed by atoms with van der Waals surface area (Å²) >= 11 is 0. The molecule has 6 heteroatoms. The van der Waals surface area contributed by atoms with Crippen LogP contribution in [0.2, 0.25) is 0 Å². The molecule has 1 unspecified atom stereocenters. The zero-order valence-electron chi connectivity index (χ0n) is 11.8. The van der Waals surface area contributed by atoms with Crippen molar-refractivity contribution in [3.8, 4) is 0 Å². The van der Waals surface area contributed by atoms with E-state index >= 15 is 0 Å². The van der Waals surface area contributed by atoms with E-state index in [4.69, 9.17) is 4.74 Å². The maximum absolute atomic E-state index is 12.0. The lowest BCUT2D eigenvalue weighted by Crippen LogP contribution is -2.37. The standard InChI is InChI=1S/C15H19N3O3/c19-14-13(6-1-2-7-16-14)17-11-4-3-5-12(10-11)18-8-9-21-15(18)20/h3-5,10,13,17H,1-2,6-9H2,(H,16,19). The van der Waals surface area contributed by atoms with Crippen LogP contribution in [0.15, 0.2) is 24.3 Å². The Morgan fingerprint density at radius 3 is 3.00 bits per heavy atom. The van der Waals surface area contributed by atoms with Crippen LogP contribution >= 0.6 is 0 Å². The van der Waals surface area contributed by atoms with Gasteiger partial charge in [-0.15, -0.1) is 0 Å². The highest BCUT2D eigenvalue weighted by Gasteiger charge is 2.24. The summed E-state index contributed by atoms with van der Waals surface area (Å²) < 4.78 is 4.95. The van der Waals surface area contributed by atoms with Crippen molar-refractivity contribution < 1.29 is 14.3 Å². The van der Waals surface area contributed by atoms with Gasteiger partial charge in [-0.05, 0) is 37.5 Å². The van der Waals surface area contributed by atoms with E-state index in [0.717, 1.165) is 37.2 Å². The highest BCUT2D eigenvalue weighted by atomic mass is 16.6. The van der Waals surface area contributed by atoms with E-state index in [2.05, 4.69) is 10.6 Å². The Morgan fingerprint density at radius 1 is 1.29 bits per heavy atom. The van der Waals surface area contributed by atoms with Crippen LogP contribution in [0, 0.1) is 0 Å². The third-order valence-corrected chi connectivity index (χ3v) is 3.79. The second kappa shape index (κ2) is 6.03. The lowest BCUT2D eigenvalue weighted by atomic mass is 10.1. The van der Waals surface area contributed by atoms with E-state index in [1.807, 2.05) is 24.3 Å². The third kappa shape index (κ3) is 3.09. The maximum atomic E-state index is 12.0. The van der Waals surface area contributed by atoms with E-state index in [1.54, 1.807) is 4.90 Å².